The number of fused-ring (bicyclic) bond motifs is 1. The van der Waals surface area contributed by atoms with Gasteiger partial charge in [-0.3, -0.25) is 25.4 Å². The van der Waals surface area contributed by atoms with Crippen LogP contribution in [0.15, 0.2) is 18.2 Å². The van der Waals surface area contributed by atoms with E-state index in [0.29, 0.717) is 18.5 Å². The van der Waals surface area contributed by atoms with Crippen LogP contribution in [0.25, 0.3) is 10.9 Å². The average molecular weight is 273 g/mol. The Labute approximate surface area is 115 Å². The number of carbonyl (C=O) groups is 2. The number of rotatable bonds is 2. The molecule has 1 atom stereocenters. The van der Waals surface area contributed by atoms with Crippen molar-refractivity contribution in [3.63, 3.8) is 0 Å². The monoisotopic (exact) mass is 273 g/mol. The van der Waals surface area contributed by atoms with Crippen molar-refractivity contribution in [1.82, 2.24) is 15.1 Å². The molecule has 1 saturated heterocycles. The fourth-order valence-corrected chi connectivity index (χ4v) is 2.59. The van der Waals surface area contributed by atoms with Crippen molar-refractivity contribution in [2.24, 2.45) is 12.9 Å². The van der Waals surface area contributed by atoms with Gasteiger partial charge in [-0.25, -0.2) is 0 Å². The summed E-state index contributed by atoms with van der Waals surface area (Å²) in [5.41, 5.74) is 4.94. The molecule has 7 heteroatoms. The molecule has 0 spiro atoms. The number of nitrogens with one attached hydrogen (secondary N) is 2. The molecule has 104 valence electrons. The van der Waals surface area contributed by atoms with Crippen LogP contribution in [0.3, 0.4) is 0 Å². The first-order chi connectivity index (χ1) is 9.60. The molecule has 20 heavy (non-hydrogen) atoms. The maximum atomic E-state index is 12.0. The van der Waals surface area contributed by atoms with Crippen LogP contribution >= 0.6 is 0 Å². The number of nitrogens with zero attached hydrogens (tertiary/aromatic N) is 2. The van der Waals surface area contributed by atoms with E-state index in [1.165, 1.54) is 0 Å². The van der Waals surface area contributed by atoms with E-state index in [0.717, 1.165) is 16.6 Å². The molecule has 4 N–H and O–H groups in total. The van der Waals surface area contributed by atoms with Gasteiger partial charge >= 0.3 is 0 Å². The van der Waals surface area contributed by atoms with E-state index in [4.69, 9.17) is 5.84 Å². The molecule has 0 aliphatic carbocycles. The maximum absolute atomic E-state index is 12.0. The molecule has 3 rings (SSSR count). The van der Waals surface area contributed by atoms with E-state index >= 15 is 0 Å². The summed E-state index contributed by atoms with van der Waals surface area (Å²) < 4.78 is 1.73. The minimum atomic E-state index is -0.399. The Morgan fingerprint density at radius 2 is 2.25 bits per heavy atom. The Kier molecular flexibility index (Phi) is 2.90. The highest BCUT2D eigenvalue weighted by atomic mass is 16.2. The summed E-state index contributed by atoms with van der Waals surface area (Å²) >= 11 is 0. The zero-order chi connectivity index (χ0) is 14.3. The molecular formula is C13H15N5O2. The first kappa shape index (κ1) is 12.6. The van der Waals surface area contributed by atoms with Crippen LogP contribution in [0.1, 0.15) is 24.5 Å². The number of amides is 2. The largest absolute Gasteiger partial charge is 0.324 e. The van der Waals surface area contributed by atoms with Crippen molar-refractivity contribution in [3.8, 4) is 0 Å². The number of nitrogen functional groups attached to an aromatic ring is 1. The minimum Gasteiger partial charge on any atom is -0.324 e. The number of nitrogens with two attached hydrogens (primary N) is 1. The van der Waals surface area contributed by atoms with Crippen LogP contribution in [-0.4, -0.2) is 21.6 Å². The van der Waals surface area contributed by atoms with Crippen LogP contribution < -0.4 is 16.6 Å². The summed E-state index contributed by atoms with van der Waals surface area (Å²) in [6.07, 6.45) is 0.820. The van der Waals surface area contributed by atoms with E-state index in [2.05, 4.69) is 15.8 Å². The lowest BCUT2D eigenvalue weighted by atomic mass is 9.93. The molecule has 2 amide bonds. The molecule has 7 nitrogen and oxygen atoms in total. The number of aryl methyl sites for hydroxylation is 1. The van der Waals surface area contributed by atoms with Crippen molar-refractivity contribution in [1.29, 1.82) is 0 Å². The SMILES string of the molecule is Cn1nc(C2CCC(=O)NC2=O)c2cc(NN)ccc21. The Hall–Kier alpha value is -2.41. The van der Waals surface area contributed by atoms with Crippen molar-refractivity contribution >= 4 is 28.4 Å². The Bertz CT molecular complexity index is 706. The predicted molar refractivity (Wildman–Crippen MR) is 73.6 cm³/mol. The fraction of sp³-hybridized carbons (Fsp3) is 0.308. The highest BCUT2D eigenvalue weighted by Gasteiger charge is 2.31. The van der Waals surface area contributed by atoms with E-state index in [9.17, 15) is 9.59 Å². The molecule has 2 aromatic rings. The van der Waals surface area contributed by atoms with E-state index < -0.39 is 5.92 Å². The van der Waals surface area contributed by atoms with Crippen LogP contribution in [0.5, 0.6) is 0 Å². The Morgan fingerprint density at radius 1 is 1.45 bits per heavy atom. The van der Waals surface area contributed by atoms with Gasteiger partial charge in [0.1, 0.15) is 0 Å². The summed E-state index contributed by atoms with van der Waals surface area (Å²) in [5, 5.41) is 7.68. The number of carbonyl (C=O) groups excluding carboxylic acids is 2. The van der Waals surface area contributed by atoms with Gasteiger partial charge in [0.15, 0.2) is 0 Å². The number of hydrogen-bond acceptors (Lipinski definition) is 5. The van der Waals surface area contributed by atoms with Crippen LogP contribution in [-0.2, 0) is 16.6 Å². The lowest BCUT2D eigenvalue weighted by molar-refractivity contribution is -0.134. The summed E-state index contributed by atoms with van der Waals surface area (Å²) in [7, 11) is 1.83. The lowest BCUT2D eigenvalue weighted by Gasteiger charge is -2.19. The van der Waals surface area contributed by atoms with Crippen molar-refractivity contribution in [2.75, 3.05) is 5.43 Å². The first-order valence-corrected chi connectivity index (χ1v) is 6.37. The lowest BCUT2D eigenvalue weighted by Crippen LogP contribution is -2.39. The van der Waals surface area contributed by atoms with Crippen LogP contribution in [0, 0.1) is 0 Å². The third kappa shape index (κ3) is 1.92. The average Bonchev–Trinajstić information content (AvgIpc) is 2.75. The van der Waals surface area contributed by atoms with Gasteiger partial charge in [0.25, 0.3) is 0 Å². The molecule has 2 heterocycles. The number of hydrogen-bond donors (Lipinski definition) is 3. The summed E-state index contributed by atoms with van der Waals surface area (Å²) in [6.45, 7) is 0. The van der Waals surface area contributed by atoms with Gasteiger partial charge in [-0.2, -0.15) is 5.10 Å². The number of hydrazine groups is 1. The zero-order valence-corrected chi connectivity index (χ0v) is 11.0. The third-order valence-electron chi connectivity index (χ3n) is 3.61. The van der Waals surface area contributed by atoms with Gasteiger partial charge in [-0.15, -0.1) is 0 Å². The molecule has 0 saturated carbocycles. The molecular weight excluding hydrogens is 258 g/mol. The summed E-state index contributed by atoms with van der Waals surface area (Å²) in [6, 6.07) is 5.60. The molecule has 1 aromatic carbocycles. The van der Waals surface area contributed by atoms with Gasteiger partial charge in [0.2, 0.25) is 11.8 Å². The second-order valence-electron chi connectivity index (χ2n) is 4.89. The topological polar surface area (TPSA) is 102 Å². The maximum Gasteiger partial charge on any atom is 0.235 e. The standard InChI is InChI=1S/C13H15N5O2/c1-18-10-4-2-7(16-14)6-9(10)12(17-18)8-3-5-11(19)15-13(8)20/h2,4,6,8,16H,3,5,14H2,1H3,(H,15,19,20). The molecule has 0 radical (unpaired) electrons. The smallest absolute Gasteiger partial charge is 0.235 e. The summed E-state index contributed by atoms with van der Waals surface area (Å²) in [5.74, 6) is 4.51. The van der Waals surface area contributed by atoms with Gasteiger partial charge < -0.3 is 5.43 Å². The number of aromatic nitrogens is 2. The molecule has 1 fully saturated rings. The molecule has 1 aliphatic rings. The summed E-state index contributed by atoms with van der Waals surface area (Å²) in [4.78, 5) is 23.2. The van der Waals surface area contributed by atoms with Crippen LogP contribution in [0.4, 0.5) is 5.69 Å². The zero-order valence-electron chi connectivity index (χ0n) is 11.0. The van der Waals surface area contributed by atoms with E-state index in [1.54, 1.807) is 4.68 Å². The normalized spacial score (nSPS) is 19.2. The quantitative estimate of drug-likeness (QED) is 0.417. The van der Waals surface area contributed by atoms with Crippen molar-refractivity contribution < 1.29 is 9.59 Å². The van der Waals surface area contributed by atoms with E-state index in [-0.39, 0.29) is 11.8 Å². The number of anilines is 1. The third-order valence-corrected chi connectivity index (χ3v) is 3.61. The van der Waals surface area contributed by atoms with Gasteiger partial charge in [-0.05, 0) is 24.6 Å². The van der Waals surface area contributed by atoms with Crippen molar-refractivity contribution in [3.05, 3.63) is 23.9 Å². The second-order valence-corrected chi connectivity index (χ2v) is 4.89. The van der Waals surface area contributed by atoms with Crippen LogP contribution in [0.2, 0.25) is 0 Å². The van der Waals surface area contributed by atoms with E-state index in [1.807, 2.05) is 25.2 Å². The minimum absolute atomic E-state index is 0.226. The van der Waals surface area contributed by atoms with Gasteiger partial charge in [0, 0.05) is 24.5 Å². The molecule has 1 aliphatic heterocycles. The second kappa shape index (κ2) is 4.61. The van der Waals surface area contributed by atoms with Gasteiger partial charge in [0.05, 0.1) is 17.1 Å². The number of piperidine rings is 1. The highest BCUT2D eigenvalue weighted by molar-refractivity contribution is 6.02. The van der Waals surface area contributed by atoms with Crippen molar-refractivity contribution in [2.45, 2.75) is 18.8 Å². The number of imide groups is 1. The Balaban J connectivity index is 2.11. The molecule has 0 bridgehead atoms. The fourth-order valence-electron chi connectivity index (χ4n) is 2.59. The predicted octanol–water partition coefficient (Wildman–Crippen LogP) is 0.379. The highest BCUT2D eigenvalue weighted by Crippen LogP contribution is 2.31. The Morgan fingerprint density at radius 3 is 2.95 bits per heavy atom. The molecule has 1 aromatic heterocycles. The van der Waals surface area contributed by atoms with Gasteiger partial charge in [-0.1, -0.05) is 0 Å². The molecule has 1 unspecified atom stereocenters. The number of benzene rings is 1. The first-order valence-electron chi connectivity index (χ1n) is 6.37.